The van der Waals surface area contributed by atoms with Gasteiger partial charge in [-0.05, 0) is 24.3 Å². The standard InChI is InChI=1S/C16H17FN4O2/c1-12(22)20-6-8-21(9-7-20)16(23)13(10-18)11-19-15-4-2-14(17)3-5-15/h2-5,11,19H,6-9H2,1H3/b13-11-. The van der Waals surface area contributed by atoms with Gasteiger partial charge in [-0.15, -0.1) is 0 Å². The highest BCUT2D eigenvalue weighted by Crippen LogP contribution is 2.11. The normalized spacial score (nSPS) is 15.1. The summed E-state index contributed by atoms with van der Waals surface area (Å²) in [4.78, 5) is 26.8. The molecule has 2 rings (SSSR count). The third-order valence-corrected chi connectivity index (χ3v) is 3.59. The number of halogens is 1. The molecule has 120 valence electrons. The van der Waals surface area contributed by atoms with E-state index in [0.717, 1.165) is 0 Å². The van der Waals surface area contributed by atoms with E-state index in [1.54, 1.807) is 9.80 Å². The van der Waals surface area contributed by atoms with Crippen LogP contribution in [0.25, 0.3) is 0 Å². The Kier molecular flexibility index (Phi) is 5.31. The van der Waals surface area contributed by atoms with Crippen molar-refractivity contribution in [3.05, 3.63) is 41.9 Å². The first-order valence-electron chi connectivity index (χ1n) is 7.18. The van der Waals surface area contributed by atoms with Gasteiger partial charge in [-0.2, -0.15) is 5.26 Å². The first-order valence-corrected chi connectivity index (χ1v) is 7.18. The van der Waals surface area contributed by atoms with E-state index in [1.807, 2.05) is 6.07 Å². The molecule has 1 aliphatic rings. The number of hydrogen-bond acceptors (Lipinski definition) is 4. The molecule has 0 saturated carbocycles. The summed E-state index contributed by atoms with van der Waals surface area (Å²) in [5.74, 6) is -0.768. The van der Waals surface area contributed by atoms with E-state index in [4.69, 9.17) is 5.26 Å². The van der Waals surface area contributed by atoms with Crippen LogP contribution in [0.1, 0.15) is 6.92 Å². The number of nitrogens with one attached hydrogen (secondary N) is 1. The van der Waals surface area contributed by atoms with Crippen molar-refractivity contribution in [2.45, 2.75) is 6.92 Å². The van der Waals surface area contributed by atoms with Crippen molar-refractivity contribution in [3.63, 3.8) is 0 Å². The third kappa shape index (κ3) is 4.30. The highest BCUT2D eigenvalue weighted by molar-refractivity contribution is 5.97. The van der Waals surface area contributed by atoms with E-state index in [-0.39, 0.29) is 23.2 Å². The molecular weight excluding hydrogens is 299 g/mol. The predicted molar refractivity (Wildman–Crippen MR) is 82.6 cm³/mol. The molecule has 1 heterocycles. The van der Waals surface area contributed by atoms with Gasteiger partial charge in [-0.3, -0.25) is 9.59 Å². The van der Waals surface area contributed by atoms with Crippen LogP contribution in [0.2, 0.25) is 0 Å². The molecule has 0 unspecified atom stereocenters. The lowest BCUT2D eigenvalue weighted by Gasteiger charge is -2.34. The monoisotopic (exact) mass is 316 g/mol. The number of nitriles is 1. The molecule has 0 bridgehead atoms. The van der Waals surface area contributed by atoms with Gasteiger partial charge >= 0.3 is 0 Å². The Morgan fingerprint density at radius 2 is 1.74 bits per heavy atom. The molecule has 1 fully saturated rings. The van der Waals surface area contributed by atoms with Gasteiger partial charge in [0.15, 0.2) is 0 Å². The predicted octanol–water partition coefficient (Wildman–Crippen LogP) is 1.34. The zero-order valence-corrected chi connectivity index (χ0v) is 12.8. The highest BCUT2D eigenvalue weighted by Gasteiger charge is 2.24. The number of rotatable bonds is 3. The smallest absolute Gasteiger partial charge is 0.266 e. The number of piperazine rings is 1. The number of carbonyl (C=O) groups excluding carboxylic acids is 2. The minimum absolute atomic E-state index is 0.0221. The maximum atomic E-state index is 12.8. The zero-order valence-electron chi connectivity index (χ0n) is 12.8. The number of nitrogens with zero attached hydrogens (tertiary/aromatic N) is 3. The van der Waals surface area contributed by atoms with Gasteiger partial charge < -0.3 is 15.1 Å². The second-order valence-corrected chi connectivity index (χ2v) is 5.12. The molecule has 7 heteroatoms. The van der Waals surface area contributed by atoms with E-state index in [9.17, 15) is 14.0 Å². The van der Waals surface area contributed by atoms with Crippen molar-refractivity contribution in [2.24, 2.45) is 0 Å². The van der Waals surface area contributed by atoms with Crippen LogP contribution in [0.4, 0.5) is 10.1 Å². The Morgan fingerprint density at radius 1 is 1.17 bits per heavy atom. The van der Waals surface area contributed by atoms with E-state index in [0.29, 0.717) is 31.9 Å². The van der Waals surface area contributed by atoms with Crippen molar-refractivity contribution in [1.29, 1.82) is 5.26 Å². The van der Waals surface area contributed by atoms with Gasteiger partial charge in [0.2, 0.25) is 5.91 Å². The SMILES string of the molecule is CC(=O)N1CCN(C(=O)/C(C#N)=C\Nc2ccc(F)cc2)CC1. The van der Waals surface area contributed by atoms with Crippen molar-refractivity contribution >= 4 is 17.5 Å². The third-order valence-electron chi connectivity index (χ3n) is 3.59. The van der Waals surface area contributed by atoms with E-state index in [2.05, 4.69) is 5.32 Å². The first-order chi connectivity index (χ1) is 11.0. The lowest BCUT2D eigenvalue weighted by Crippen LogP contribution is -2.50. The van der Waals surface area contributed by atoms with Crippen LogP contribution < -0.4 is 5.32 Å². The van der Waals surface area contributed by atoms with Gasteiger partial charge in [-0.25, -0.2) is 4.39 Å². The van der Waals surface area contributed by atoms with E-state index in [1.165, 1.54) is 37.4 Å². The highest BCUT2D eigenvalue weighted by atomic mass is 19.1. The summed E-state index contributed by atoms with van der Waals surface area (Å²) in [5, 5.41) is 12.0. The fourth-order valence-corrected chi connectivity index (χ4v) is 2.24. The molecular formula is C16H17FN4O2. The quantitative estimate of drug-likeness (QED) is 0.674. The maximum absolute atomic E-state index is 12.8. The van der Waals surface area contributed by atoms with Gasteiger partial charge in [0.25, 0.3) is 5.91 Å². The number of amides is 2. The average molecular weight is 316 g/mol. The number of benzene rings is 1. The Balaban J connectivity index is 1.99. The molecule has 23 heavy (non-hydrogen) atoms. The largest absolute Gasteiger partial charge is 0.360 e. The van der Waals surface area contributed by atoms with Crippen molar-refractivity contribution in [1.82, 2.24) is 9.80 Å². The second kappa shape index (κ2) is 7.40. The number of anilines is 1. The fourth-order valence-electron chi connectivity index (χ4n) is 2.24. The van der Waals surface area contributed by atoms with Crippen LogP contribution in [0.15, 0.2) is 36.0 Å². The summed E-state index contributed by atoms with van der Waals surface area (Å²) >= 11 is 0. The zero-order chi connectivity index (χ0) is 16.8. The topological polar surface area (TPSA) is 76.4 Å². The molecule has 0 spiro atoms. The van der Waals surface area contributed by atoms with Crippen molar-refractivity contribution < 1.29 is 14.0 Å². The van der Waals surface area contributed by atoms with Crippen molar-refractivity contribution in [2.75, 3.05) is 31.5 Å². The second-order valence-electron chi connectivity index (χ2n) is 5.12. The molecule has 1 aromatic carbocycles. The molecule has 2 amide bonds. The molecule has 0 atom stereocenters. The van der Waals surface area contributed by atoms with Gasteiger partial charge in [0, 0.05) is 45.0 Å². The number of carbonyl (C=O) groups is 2. The maximum Gasteiger partial charge on any atom is 0.266 e. The van der Waals surface area contributed by atoms with Gasteiger partial charge in [0.1, 0.15) is 17.5 Å². The lowest BCUT2D eigenvalue weighted by molar-refractivity contribution is -0.136. The minimum Gasteiger partial charge on any atom is -0.360 e. The Morgan fingerprint density at radius 3 is 2.26 bits per heavy atom. The van der Waals surface area contributed by atoms with Gasteiger partial charge in [-0.1, -0.05) is 0 Å². The number of hydrogen-bond donors (Lipinski definition) is 1. The minimum atomic E-state index is -0.384. The fraction of sp³-hybridized carbons (Fsp3) is 0.312. The Bertz CT molecular complexity index is 656. The summed E-state index contributed by atoms with van der Waals surface area (Å²) < 4.78 is 12.8. The molecule has 0 radical (unpaired) electrons. The summed E-state index contributed by atoms with van der Waals surface area (Å²) in [6, 6.07) is 7.45. The van der Waals surface area contributed by atoms with Crippen LogP contribution in [-0.4, -0.2) is 47.8 Å². The summed E-state index contributed by atoms with van der Waals surface area (Å²) in [6.45, 7) is 3.21. The van der Waals surface area contributed by atoms with Crippen LogP contribution in [0.5, 0.6) is 0 Å². The van der Waals surface area contributed by atoms with Crippen LogP contribution in [0.3, 0.4) is 0 Å². The summed E-state index contributed by atoms with van der Waals surface area (Å²) in [6.07, 6.45) is 1.31. The van der Waals surface area contributed by atoms with E-state index >= 15 is 0 Å². The molecule has 1 saturated heterocycles. The molecule has 0 aliphatic carbocycles. The molecule has 6 nitrogen and oxygen atoms in total. The summed E-state index contributed by atoms with van der Waals surface area (Å²) in [5.41, 5.74) is 0.541. The van der Waals surface area contributed by atoms with Crippen molar-refractivity contribution in [3.8, 4) is 6.07 Å². The summed E-state index contributed by atoms with van der Waals surface area (Å²) in [7, 11) is 0. The van der Waals surface area contributed by atoms with Crippen LogP contribution in [-0.2, 0) is 9.59 Å². The Labute approximate surface area is 133 Å². The molecule has 1 aromatic rings. The van der Waals surface area contributed by atoms with Gasteiger partial charge in [0.05, 0.1) is 0 Å². The first kappa shape index (κ1) is 16.5. The molecule has 1 aliphatic heterocycles. The average Bonchev–Trinajstić information content (AvgIpc) is 2.57. The molecule has 1 N–H and O–H groups in total. The Hall–Kier alpha value is -2.88. The lowest BCUT2D eigenvalue weighted by atomic mass is 10.2. The molecule has 0 aromatic heterocycles. The van der Waals surface area contributed by atoms with Crippen LogP contribution in [0, 0.1) is 17.1 Å². The van der Waals surface area contributed by atoms with E-state index < -0.39 is 0 Å². The van der Waals surface area contributed by atoms with Crippen LogP contribution >= 0.6 is 0 Å².